The average Bonchev–Trinajstić information content (AvgIpc) is 3.31. The monoisotopic (exact) mass is 911 g/mol. The fourth-order valence-corrected chi connectivity index (χ4v) is 8.61. The molecule has 5 nitrogen and oxygen atoms in total. The average molecular weight is 912 g/mol. The van der Waals surface area contributed by atoms with Crippen LogP contribution in [0.5, 0.6) is 0 Å². The summed E-state index contributed by atoms with van der Waals surface area (Å²) in [6, 6.07) is 0. The Balaban J connectivity index is 3.44. The van der Waals surface area contributed by atoms with Crippen LogP contribution >= 0.6 is 0 Å². The zero-order valence-corrected chi connectivity index (χ0v) is 43.5. The van der Waals surface area contributed by atoms with Crippen LogP contribution in [0.25, 0.3) is 0 Å². The van der Waals surface area contributed by atoms with Crippen LogP contribution in [-0.2, 0) is 19.1 Å². The SMILES string of the molecule is CC/C=C\C/C=C\C/C=C\C/C=C\CCCCCCCCCCCCCCCCCCC(=O)OC(CO)COC(=O)CCCCCCCCCCCCCCCCCCCCCCCC. The van der Waals surface area contributed by atoms with Gasteiger partial charge in [0.25, 0.3) is 0 Å². The Kier molecular flexibility index (Phi) is 54.3. The highest BCUT2D eigenvalue weighted by Gasteiger charge is 2.16. The predicted octanol–water partition coefficient (Wildman–Crippen LogP) is 19.3. The molecule has 0 aliphatic rings. The molecule has 0 aromatic rings. The van der Waals surface area contributed by atoms with Crippen molar-refractivity contribution < 1.29 is 24.2 Å². The van der Waals surface area contributed by atoms with Crippen LogP contribution in [0, 0.1) is 0 Å². The summed E-state index contributed by atoms with van der Waals surface area (Å²) >= 11 is 0. The van der Waals surface area contributed by atoms with Gasteiger partial charge < -0.3 is 14.6 Å². The first-order valence-corrected chi connectivity index (χ1v) is 28.7. The number of unbranched alkanes of at least 4 members (excludes halogenated alkanes) is 37. The first-order valence-electron chi connectivity index (χ1n) is 28.7. The summed E-state index contributed by atoms with van der Waals surface area (Å²) in [5.41, 5.74) is 0. The standard InChI is InChI=1S/C60H110O5/c1-3-5-7-9-11-13-15-17-19-21-23-25-27-28-29-30-31-32-33-35-37-39-41-43-45-47-49-51-53-55-60(63)65-58(56-61)57-64-59(62)54-52-50-48-46-44-42-40-38-36-34-26-24-22-20-18-16-14-12-10-8-6-4-2/h5,7,11,13,17,19,23,25,58,61H,3-4,6,8-10,12,14-16,18,20-22,24,26-57H2,1-2H3/b7-5-,13-11-,19-17-,25-23-. The van der Waals surface area contributed by atoms with E-state index in [0.29, 0.717) is 12.8 Å². The Hall–Kier alpha value is -2.14. The van der Waals surface area contributed by atoms with Crippen LogP contribution in [0.4, 0.5) is 0 Å². The van der Waals surface area contributed by atoms with Gasteiger partial charge in [-0.3, -0.25) is 9.59 Å². The zero-order chi connectivity index (χ0) is 47.0. The van der Waals surface area contributed by atoms with E-state index in [1.807, 2.05) is 0 Å². The molecule has 0 amide bonds. The molecule has 0 aromatic heterocycles. The van der Waals surface area contributed by atoms with Crippen molar-refractivity contribution in [1.82, 2.24) is 0 Å². The van der Waals surface area contributed by atoms with E-state index in [0.717, 1.165) is 57.8 Å². The fourth-order valence-electron chi connectivity index (χ4n) is 8.61. The van der Waals surface area contributed by atoms with Gasteiger partial charge in [-0.25, -0.2) is 0 Å². The van der Waals surface area contributed by atoms with Crippen LogP contribution in [0.1, 0.15) is 303 Å². The fraction of sp³-hybridized carbons (Fsp3) is 0.833. The number of aliphatic hydroxyl groups is 1. The molecule has 0 aliphatic carbocycles. The summed E-state index contributed by atoms with van der Waals surface area (Å²) in [5, 5.41) is 9.66. The maximum Gasteiger partial charge on any atom is 0.306 e. The number of hydrogen-bond acceptors (Lipinski definition) is 5. The van der Waals surface area contributed by atoms with Gasteiger partial charge in [0.05, 0.1) is 6.61 Å². The Labute approximate surface area is 405 Å². The van der Waals surface area contributed by atoms with Crippen molar-refractivity contribution >= 4 is 11.9 Å². The van der Waals surface area contributed by atoms with Gasteiger partial charge in [-0.05, 0) is 51.4 Å². The quantitative estimate of drug-likeness (QED) is 0.0374. The van der Waals surface area contributed by atoms with Crippen molar-refractivity contribution in [1.29, 1.82) is 0 Å². The van der Waals surface area contributed by atoms with Gasteiger partial charge in [-0.15, -0.1) is 0 Å². The largest absolute Gasteiger partial charge is 0.462 e. The summed E-state index contributed by atoms with van der Waals surface area (Å²) in [6.45, 7) is 4.07. The zero-order valence-electron chi connectivity index (χ0n) is 43.5. The highest BCUT2D eigenvalue weighted by Crippen LogP contribution is 2.17. The second-order valence-corrected chi connectivity index (χ2v) is 19.3. The van der Waals surface area contributed by atoms with Gasteiger partial charge in [-0.1, -0.05) is 287 Å². The summed E-state index contributed by atoms with van der Waals surface area (Å²) in [5.74, 6) is -0.573. The predicted molar refractivity (Wildman–Crippen MR) is 284 cm³/mol. The first-order chi connectivity index (χ1) is 32.1. The highest BCUT2D eigenvalue weighted by atomic mass is 16.6. The van der Waals surface area contributed by atoms with Crippen LogP contribution in [-0.4, -0.2) is 36.4 Å². The lowest BCUT2D eigenvalue weighted by atomic mass is 10.0. The van der Waals surface area contributed by atoms with Crippen LogP contribution in [0.3, 0.4) is 0 Å². The van der Waals surface area contributed by atoms with E-state index < -0.39 is 6.10 Å². The number of hydrogen-bond donors (Lipinski definition) is 1. The molecule has 1 N–H and O–H groups in total. The number of aliphatic hydroxyl groups excluding tert-OH is 1. The number of esters is 2. The van der Waals surface area contributed by atoms with E-state index in [9.17, 15) is 14.7 Å². The van der Waals surface area contributed by atoms with E-state index in [1.165, 1.54) is 218 Å². The maximum atomic E-state index is 12.3. The van der Waals surface area contributed by atoms with Gasteiger partial charge >= 0.3 is 11.9 Å². The van der Waals surface area contributed by atoms with E-state index in [4.69, 9.17) is 9.47 Å². The lowest BCUT2D eigenvalue weighted by Crippen LogP contribution is -2.28. The summed E-state index contributed by atoms with van der Waals surface area (Å²) in [6.07, 6.45) is 73.8. The molecular weight excluding hydrogens is 801 g/mol. The minimum Gasteiger partial charge on any atom is -0.462 e. The smallest absolute Gasteiger partial charge is 0.306 e. The number of carbonyl (C=O) groups excluding carboxylic acids is 2. The molecule has 0 radical (unpaired) electrons. The Bertz CT molecular complexity index is 1080. The lowest BCUT2D eigenvalue weighted by Gasteiger charge is -2.15. The van der Waals surface area contributed by atoms with Crippen LogP contribution in [0.15, 0.2) is 48.6 Å². The highest BCUT2D eigenvalue weighted by molar-refractivity contribution is 5.70. The Morgan fingerprint density at radius 1 is 0.369 bits per heavy atom. The van der Waals surface area contributed by atoms with E-state index >= 15 is 0 Å². The van der Waals surface area contributed by atoms with Crippen molar-refractivity contribution in [3.63, 3.8) is 0 Å². The third kappa shape index (κ3) is 54.4. The Morgan fingerprint density at radius 3 is 1.00 bits per heavy atom. The summed E-state index contributed by atoms with van der Waals surface area (Å²) in [7, 11) is 0. The maximum absolute atomic E-state index is 12.3. The summed E-state index contributed by atoms with van der Waals surface area (Å²) < 4.78 is 10.7. The molecule has 1 unspecified atom stereocenters. The first kappa shape index (κ1) is 62.9. The molecule has 0 saturated carbocycles. The molecule has 0 aliphatic heterocycles. The van der Waals surface area contributed by atoms with Gasteiger partial charge in [-0.2, -0.15) is 0 Å². The van der Waals surface area contributed by atoms with Gasteiger partial charge in [0.1, 0.15) is 6.61 Å². The molecule has 0 fully saturated rings. The lowest BCUT2D eigenvalue weighted by molar-refractivity contribution is -0.161. The summed E-state index contributed by atoms with van der Waals surface area (Å²) in [4.78, 5) is 24.5. The molecule has 0 rings (SSSR count). The van der Waals surface area contributed by atoms with Crippen molar-refractivity contribution in [2.24, 2.45) is 0 Å². The van der Waals surface area contributed by atoms with Crippen molar-refractivity contribution in [3.8, 4) is 0 Å². The minimum absolute atomic E-state index is 0.0609. The normalized spacial score (nSPS) is 12.5. The number of allylic oxidation sites excluding steroid dienone is 8. The van der Waals surface area contributed by atoms with Gasteiger partial charge in [0, 0.05) is 12.8 Å². The van der Waals surface area contributed by atoms with Gasteiger partial charge in [0.15, 0.2) is 6.10 Å². The molecular formula is C60H110O5. The van der Waals surface area contributed by atoms with E-state index in [1.54, 1.807) is 0 Å². The third-order valence-corrected chi connectivity index (χ3v) is 12.9. The topological polar surface area (TPSA) is 72.8 Å². The van der Waals surface area contributed by atoms with Gasteiger partial charge in [0.2, 0.25) is 0 Å². The molecule has 0 spiro atoms. The molecule has 0 bridgehead atoms. The molecule has 65 heavy (non-hydrogen) atoms. The van der Waals surface area contributed by atoms with E-state index in [2.05, 4.69) is 62.5 Å². The molecule has 1 atom stereocenters. The number of carbonyl (C=O) groups is 2. The molecule has 0 saturated heterocycles. The van der Waals surface area contributed by atoms with Crippen LogP contribution < -0.4 is 0 Å². The van der Waals surface area contributed by atoms with Crippen LogP contribution in [0.2, 0.25) is 0 Å². The van der Waals surface area contributed by atoms with Crippen molar-refractivity contribution in [3.05, 3.63) is 48.6 Å². The Morgan fingerprint density at radius 2 is 0.662 bits per heavy atom. The molecule has 5 heteroatoms. The third-order valence-electron chi connectivity index (χ3n) is 12.9. The van der Waals surface area contributed by atoms with Crippen molar-refractivity contribution in [2.45, 2.75) is 309 Å². The van der Waals surface area contributed by atoms with Crippen molar-refractivity contribution in [2.75, 3.05) is 13.2 Å². The minimum atomic E-state index is -0.770. The molecule has 0 heterocycles. The molecule has 380 valence electrons. The second-order valence-electron chi connectivity index (χ2n) is 19.3. The number of rotatable bonds is 53. The molecule has 0 aromatic carbocycles. The second kappa shape index (κ2) is 56.2. The van der Waals surface area contributed by atoms with E-state index in [-0.39, 0.29) is 25.2 Å². The number of ether oxygens (including phenoxy) is 2.